The minimum Gasteiger partial charge on any atom is -0.489 e. The van der Waals surface area contributed by atoms with E-state index in [9.17, 15) is 9.18 Å². The normalized spacial score (nSPS) is 11.8. The summed E-state index contributed by atoms with van der Waals surface area (Å²) < 4.78 is 19.4. The van der Waals surface area contributed by atoms with Gasteiger partial charge in [-0.25, -0.2) is 9.82 Å². The Morgan fingerprint density at radius 2 is 2.19 bits per heavy atom. The fraction of sp³-hybridized carbons (Fsp3) is 0.211. The van der Waals surface area contributed by atoms with Crippen LogP contribution in [0.5, 0.6) is 5.75 Å². The molecule has 0 heterocycles. The first-order chi connectivity index (χ1) is 12.4. The first kappa shape index (κ1) is 19.4. The van der Waals surface area contributed by atoms with Gasteiger partial charge in [0, 0.05) is 0 Å². The lowest BCUT2D eigenvalue weighted by Crippen LogP contribution is -2.19. The Hall–Kier alpha value is -2.91. The van der Waals surface area contributed by atoms with E-state index < -0.39 is 11.7 Å². The highest BCUT2D eigenvalue weighted by molar-refractivity contribution is 6.32. The first-order valence-corrected chi connectivity index (χ1v) is 8.31. The Morgan fingerprint density at radius 3 is 2.81 bits per heavy atom. The molecule has 0 saturated carbocycles. The molecule has 26 heavy (non-hydrogen) atoms. The van der Waals surface area contributed by atoms with Crippen LogP contribution >= 0.6 is 11.6 Å². The van der Waals surface area contributed by atoms with Crippen LogP contribution in [0, 0.1) is 17.1 Å². The van der Waals surface area contributed by atoms with Crippen LogP contribution in [0.2, 0.25) is 5.02 Å². The summed E-state index contributed by atoms with van der Waals surface area (Å²) in [5.74, 6) is -0.931. The number of hydrogen-bond acceptors (Lipinski definition) is 4. The molecule has 0 aliphatic carbocycles. The van der Waals surface area contributed by atoms with Gasteiger partial charge in [-0.15, -0.1) is 0 Å². The Labute approximate surface area is 156 Å². The van der Waals surface area contributed by atoms with Crippen LogP contribution in [0.15, 0.2) is 41.5 Å². The molecule has 2 aromatic rings. The zero-order chi connectivity index (χ0) is 19.1. The fourth-order valence-corrected chi connectivity index (χ4v) is 2.22. The van der Waals surface area contributed by atoms with Crippen LogP contribution in [0.4, 0.5) is 4.39 Å². The van der Waals surface area contributed by atoms with E-state index in [-0.39, 0.29) is 17.2 Å². The number of nitrogens with zero attached hydrogens (tertiary/aromatic N) is 2. The Bertz CT molecular complexity index is 878. The van der Waals surface area contributed by atoms with Gasteiger partial charge in [0.25, 0.3) is 5.91 Å². The van der Waals surface area contributed by atoms with Gasteiger partial charge in [-0.3, -0.25) is 4.79 Å². The van der Waals surface area contributed by atoms with E-state index in [1.54, 1.807) is 24.3 Å². The zero-order valence-electron chi connectivity index (χ0n) is 14.3. The van der Waals surface area contributed by atoms with Crippen LogP contribution in [-0.2, 0) is 0 Å². The maximum absolute atomic E-state index is 13.8. The molecule has 7 heteroatoms. The number of hydrogen-bond donors (Lipinski definition) is 1. The Balaban J connectivity index is 2.03. The molecule has 1 atom stereocenters. The number of rotatable bonds is 6. The third-order valence-electron chi connectivity index (χ3n) is 3.58. The van der Waals surface area contributed by atoms with Gasteiger partial charge >= 0.3 is 0 Å². The summed E-state index contributed by atoms with van der Waals surface area (Å²) in [5.41, 5.74) is 2.82. The number of hydrazone groups is 1. The van der Waals surface area contributed by atoms with E-state index in [2.05, 4.69) is 10.5 Å². The molecule has 0 unspecified atom stereocenters. The van der Waals surface area contributed by atoms with Crippen LogP contribution in [0.25, 0.3) is 0 Å². The van der Waals surface area contributed by atoms with Crippen molar-refractivity contribution in [2.45, 2.75) is 26.4 Å². The van der Waals surface area contributed by atoms with Crippen molar-refractivity contribution in [1.82, 2.24) is 5.43 Å². The van der Waals surface area contributed by atoms with Crippen LogP contribution < -0.4 is 10.2 Å². The van der Waals surface area contributed by atoms with Crippen molar-refractivity contribution in [2.75, 3.05) is 0 Å². The number of benzene rings is 2. The number of carbonyl (C=O) groups is 1. The van der Waals surface area contributed by atoms with Gasteiger partial charge in [-0.2, -0.15) is 10.4 Å². The Kier molecular flexibility index (Phi) is 6.70. The summed E-state index contributed by atoms with van der Waals surface area (Å²) >= 11 is 6.17. The smallest absolute Gasteiger partial charge is 0.274 e. The summed E-state index contributed by atoms with van der Waals surface area (Å²) in [5, 5.41) is 12.9. The van der Waals surface area contributed by atoms with Crippen molar-refractivity contribution in [3.8, 4) is 11.8 Å². The molecule has 2 rings (SSSR count). The van der Waals surface area contributed by atoms with Crippen molar-refractivity contribution in [3.63, 3.8) is 0 Å². The second kappa shape index (κ2) is 8.97. The van der Waals surface area contributed by atoms with E-state index in [1.807, 2.05) is 13.8 Å². The first-order valence-electron chi connectivity index (χ1n) is 7.93. The molecule has 0 fully saturated rings. The SMILES string of the molecule is CC[C@@H](C)Oc1ccc(/C=N\NC(=O)c2ccc(C#N)cc2F)cc1Cl. The van der Waals surface area contributed by atoms with E-state index in [0.29, 0.717) is 16.3 Å². The lowest BCUT2D eigenvalue weighted by molar-refractivity contribution is 0.0951. The van der Waals surface area contributed by atoms with Crippen LogP contribution in [0.3, 0.4) is 0 Å². The van der Waals surface area contributed by atoms with Crippen LogP contribution in [0.1, 0.15) is 41.8 Å². The summed E-state index contributed by atoms with van der Waals surface area (Å²) in [6.45, 7) is 3.96. The minimum atomic E-state index is -0.786. The van der Waals surface area contributed by atoms with E-state index in [4.69, 9.17) is 21.6 Å². The summed E-state index contributed by atoms with van der Waals surface area (Å²) in [6, 6.07) is 10.5. The summed E-state index contributed by atoms with van der Waals surface area (Å²) in [6.07, 6.45) is 2.30. The maximum atomic E-state index is 13.8. The van der Waals surface area contributed by atoms with Gasteiger partial charge in [-0.1, -0.05) is 18.5 Å². The minimum absolute atomic E-state index is 0.0497. The van der Waals surface area contributed by atoms with Gasteiger partial charge in [0.05, 0.1) is 34.5 Å². The fourth-order valence-electron chi connectivity index (χ4n) is 1.99. The van der Waals surface area contributed by atoms with Crippen molar-refractivity contribution >= 4 is 23.7 Å². The number of nitrogens with one attached hydrogen (secondary N) is 1. The number of carbonyl (C=O) groups excluding carboxylic acids is 1. The maximum Gasteiger partial charge on any atom is 0.274 e. The second-order valence-electron chi connectivity index (χ2n) is 5.53. The van der Waals surface area contributed by atoms with E-state index >= 15 is 0 Å². The van der Waals surface area contributed by atoms with Gasteiger partial charge in [0.15, 0.2) is 0 Å². The molecule has 5 nitrogen and oxygen atoms in total. The van der Waals surface area contributed by atoms with Gasteiger partial charge in [0.1, 0.15) is 11.6 Å². The standard InChI is InChI=1S/C19H17ClFN3O2/c1-3-12(2)26-18-7-5-14(8-16(18)20)11-23-24-19(25)15-6-4-13(10-22)9-17(15)21/h4-9,11-12H,3H2,1-2H3,(H,24,25)/b23-11-/t12-/m1/s1. The summed E-state index contributed by atoms with van der Waals surface area (Å²) in [4.78, 5) is 11.9. The molecule has 2 aromatic carbocycles. The monoisotopic (exact) mass is 373 g/mol. The third kappa shape index (κ3) is 5.04. The van der Waals surface area contributed by atoms with Crippen molar-refractivity contribution < 1.29 is 13.9 Å². The van der Waals surface area contributed by atoms with E-state index in [1.165, 1.54) is 18.3 Å². The Morgan fingerprint density at radius 1 is 1.42 bits per heavy atom. The molecular weight excluding hydrogens is 357 g/mol. The average Bonchev–Trinajstić information content (AvgIpc) is 2.63. The molecular formula is C19H17ClFN3O2. The molecule has 0 aliphatic heterocycles. The zero-order valence-corrected chi connectivity index (χ0v) is 15.0. The highest BCUT2D eigenvalue weighted by Crippen LogP contribution is 2.26. The van der Waals surface area contributed by atoms with Crippen molar-refractivity contribution in [1.29, 1.82) is 5.26 Å². The van der Waals surface area contributed by atoms with Crippen molar-refractivity contribution in [3.05, 3.63) is 63.9 Å². The molecule has 0 saturated heterocycles. The predicted molar refractivity (Wildman–Crippen MR) is 98.0 cm³/mol. The predicted octanol–water partition coefficient (Wildman–Crippen LogP) is 4.29. The largest absolute Gasteiger partial charge is 0.489 e. The third-order valence-corrected chi connectivity index (χ3v) is 3.88. The molecule has 1 amide bonds. The topological polar surface area (TPSA) is 74.5 Å². The molecule has 0 radical (unpaired) electrons. The van der Waals surface area contributed by atoms with E-state index in [0.717, 1.165) is 12.5 Å². The highest BCUT2D eigenvalue weighted by Gasteiger charge is 2.11. The molecule has 0 bridgehead atoms. The molecule has 1 N–H and O–H groups in total. The second-order valence-corrected chi connectivity index (χ2v) is 5.94. The number of nitriles is 1. The average molecular weight is 374 g/mol. The molecule has 0 spiro atoms. The van der Waals surface area contributed by atoms with Crippen molar-refractivity contribution in [2.24, 2.45) is 5.10 Å². The van der Waals surface area contributed by atoms with Gasteiger partial charge in [-0.05, 0) is 55.3 Å². The highest BCUT2D eigenvalue weighted by atomic mass is 35.5. The lowest BCUT2D eigenvalue weighted by atomic mass is 10.1. The lowest BCUT2D eigenvalue weighted by Gasteiger charge is -2.13. The van der Waals surface area contributed by atoms with Crippen LogP contribution in [-0.4, -0.2) is 18.2 Å². The number of halogens is 2. The molecule has 134 valence electrons. The number of ether oxygens (including phenoxy) is 1. The molecule has 0 aliphatic rings. The number of amides is 1. The quantitative estimate of drug-likeness (QED) is 0.606. The van der Waals surface area contributed by atoms with Gasteiger partial charge < -0.3 is 4.74 Å². The molecule has 0 aromatic heterocycles. The van der Waals surface area contributed by atoms with Gasteiger partial charge in [0.2, 0.25) is 0 Å². The summed E-state index contributed by atoms with van der Waals surface area (Å²) in [7, 11) is 0.